The van der Waals surface area contributed by atoms with E-state index >= 15 is 0 Å². The van der Waals surface area contributed by atoms with Gasteiger partial charge in [0, 0.05) is 13.1 Å². The van der Waals surface area contributed by atoms with Gasteiger partial charge in [-0.25, -0.2) is 4.68 Å². The zero-order valence-corrected chi connectivity index (χ0v) is 12.7. The van der Waals surface area contributed by atoms with Crippen molar-refractivity contribution in [2.24, 2.45) is 5.92 Å². The van der Waals surface area contributed by atoms with Crippen LogP contribution in [0.1, 0.15) is 45.1 Å². The molecule has 1 saturated carbocycles. The molecule has 1 aliphatic carbocycles. The van der Waals surface area contributed by atoms with Gasteiger partial charge in [0.15, 0.2) is 0 Å². The molecule has 1 atom stereocenters. The molecule has 20 heavy (non-hydrogen) atoms. The number of likely N-dealkylation sites (tertiary alicyclic amines) is 1. The Balaban J connectivity index is 1.52. The Morgan fingerprint density at radius 2 is 2.15 bits per heavy atom. The third-order valence-electron chi connectivity index (χ3n) is 4.05. The van der Waals surface area contributed by atoms with E-state index in [-0.39, 0.29) is 5.91 Å². The molecule has 3 rings (SSSR count). The largest absolute Gasteiger partial charge is 0.342 e. The van der Waals surface area contributed by atoms with Crippen molar-refractivity contribution in [2.75, 3.05) is 18.8 Å². The van der Waals surface area contributed by atoms with E-state index in [0.29, 0.717) is 11.8 Å². The van der Waals surface area contributed by atoms with Gasteiger partial charge in [0.25, 0.3) is 0 Å². The van der Waals surface area contributed by atoms with Crippen LogP contribution < -0.4 is 0 Å². The fourth-order valence-corrected chi connectivity index (χ4v) is 3.41. The lowest BCUT2D eigenvalue weighted by Gasteiger charge is -2.20. The summed E-state index contributed by atoms with van der Waals surface area (Å²) in [6, 6.07) is 0.460. The lowest BCUT2D eigenvalue weighted by molar-refractivity contribution is -0.128. The predicted molar refractivity (Wildman–Crippen MR) is 76.4 cm³/mol. The van der Waals surface area contributed by atoms with E-state index in [0.717, 1.165) is 49.8 Å². The predicted octanol–water partition coefficient (Wildman–Crippen LogP) is 1.75. The molecule has 0 aromatic carbocycles. The quantitative estimate of drug-likeness (QED) is 0.792. The number of nitrogens with zero attached hydrogens (tertiary/aromatic N) is 5. The number of aromatic nitrogens is 4. The van der Waals surface area contributed by atoms with Crippen LogP contribution >= 0.6 is 11.8 Å². The van der Waals surface area contributed by atoms with Crippen molar-refractivity contribution in [2.45, 2.75) is 50.2 Å². The molecule has 1 aromatic heterocycles. The van der Waals surface area contributed by atoms with Gasteiger partial charge < -0.3 is 4.90 Å². The van der Waals surface area contributed by atoms with Gasteiger partial charge in [0.2, 0.25) is 11.1 Å². The Morgan fingerprint density at radius 1 is 1.30 bits per heavy atom. The third kappa shape index (κ3) is 3.31. The van der Waals surface area contributed by atoms with Crippen LogP contribution in [0.25, 0.3) is 0 Å². The molecule has 1 amide bonds. The van der Waals surface area contributed by atoms with Gasteiger partial charge in [-0.2, -0.15) is 0 Å². The van der Waals surface area contributed by atoms with Gasteiger partial charge in [-0.05, 0) is 48.4 Å². The maximum absolute atomic E-state index is 12.3. The van der Waals surface area contributed by atoms with Crippen molar-refractivity contribution in [3.63, 3.8) is 0 Å². The Hall–Kier alpha value is -1.11. The average molecular weight is 295 g/mol. The second kappa shape index (κ2) is 6.11. The van der Waals surface area contributed by atoms with E-state index in [9.17, 15) is 4.79 Å². The summed E-state index contributed by atoms with van der Waals surface area (Å²) in [5.74, 6) is 1.40. The number of carbonyl (C=O) groups excluding carboxylic acids is 1. The molecule has 0 bridgehead atoms. The fourth-order valence-electron chi connectivity index (χ4n) is 2.56. The van der Waals surface area contributed by atoms with E-state index in [1.165, 1.54) is 18.2 Å². The molecule has 110 valence electrons. The van der Waals surface area contributed by atoms with E-state index in [2.05, 4.69) is 22.4 Å². The van der Waals surface area contributed by atoms with Crippen LogP contribution in [-0.4, -0.2) is 49.9 Å². The zero-order valence-electron chi connectivity index (χ0n) is 11.9. The number of thioether (sulfide) groups is 1. The number of carbonyl (C=O) groups is 1. The lowest BCUT2D eigenvalue weighted by Crippen LogP contribution is -2.33. The first-order chi connectivity index (χ1) is 9.74. The normalized spacial score (nSPS) is 23.6. The number of amides is 1. The van der Waals surface area contributed by atoms with Gasteiger partial charge in [0.1, 0.15) is 0 Å². The summed E-state index contributed by atoms with van der Waals surface area (Å²) in [7, 11) is 0. The third-order valence-corrected chi connectivity index (χ3v) is 4.97. The van der Waals surface area contributed by atoms with Crippen LogP contribution in [-0.2, 0) is 4.79 Å². The number of hydrogen-bond acceptors (Lipinski definition) is 5. The first-order valence-corrected chi connectivity index (χ1v) is 8.41. The van der Waals surface area contributed by atoms with Crippen LogP contribution in [0.2, 0.25) is 0 Å². The highest BCUT2D eigenvalue weighted by Crippen LogP contribution is 2.36. The second-order valence-electron chi connectivity index (χ2n) is 5.84. The molecule has 2 heterocycles. The summed E-state index contributed by atoms with van der Waals surface area (Å²) >= 11 is 1.47. The second-order valence-corrected chi connectivity index (χ2v) is 6.79. The molecular weight excluding hydrogens is 274 g/mol. The summed E-state index contributed by atoms with van der Waals surface area (Å²) in [5.41, 5.74) is 0. The molecule has 1 unspecified atom stereocenters. The average Bonchev–Trinajstić information content (AvgIpc) is 3.21. The Labute approximate surface area is 123 Å². The lowest BCUT2D eigenvalue weighted by atomic mass is 10.0. The van der Waals surface area contributed by atoms with Gasteiger partial charge in [-0.15, -0.1) is 5.10 Å². The van der Waals surface area contributed by atoms with Gasteiger partial charge in [-0.1, -0.05) is 18.7 Å². The maximum Gasteiger partial charge on any atom is 0.233 e. The molecule has 7 heteroatoms. The van der Waals surface area contributed by atoms with Crippen molar-refractivity contribution in [1.29, 1.82) is 0 Å². The Morgan fingerprint density at radius 3 is 2.95 bits per heavy atom. The summed E-state index contributed by atoms with van der Waals surface area (Å²) in [6.45, 7) is 4.07. The van der Waals surface area contributed by atoms with Crippen LogP contribution in [0.15, 0.2) is 5.16 Å². The number of tetrazole rings is 1. The highest BCUT2D eigenvalue weighted by molar-refractivity contribution is 7.99. The molecule has 0 radical (unpaired) electrons. The molecule has 1 aromatic rings. The van der Waals surface area contributed by atoms with Crippen LogP contribution in [0.5, 0.6) is 0 Å². The van der Waals surface area contributed by atoms with E-state index in [1.54, 1.807) is 0 Å². The Kier molecular flexibility index (Phi) is 4.24. The number of hydrogen-bond donors (Lipinski definition) is 0. The van der Waals surface area contributed by atoms with E-state index in [1.807, 2.05) is 9.58 Å². The summed E-state index contributed by atoms with van der Waals surface area (Å²) in [6.07, 6.45) is 5.78. The fraction of sp³-hybridized carbons (Fsp3) is 0.846. The molecule has 0 N–H and O–H groups in total. The summed E-state index contributed by atoms with van der Waals surface area (Å²) in [5, 5.41) is 12.5. The van der Waals surface area contributed by atoms with Crippen molar-refractivity contribution in [3.8, 4) is 0 Å². The highest BCUT2D eigenvalue weighted by Gasteiger charge is 2.28. The smallest absolute Gasteiger partial charge is 0.233 e. The van der Waals surface area contributed by atoms with Gasteiger partial charge in [-0.3, -0.25) is 4.79 Å². The molecule has 6 nitrogen and oxygen atoms in total. The highest BCUT2D eigenvalue weighted by atomic mass is 32.2. The monoisotopic (exact) mass is 295 g/mol. The molecule has 2 aliphatic rings. The number of rotatable bonds is 4. The van der Waals surface area contributed by atoms with Gasteiger partial charge >= 0.3 is 0 Å². The van der Waals surface area contributed by atoms with Crippen LogP contribution in [0.4, 0.5) is 0 Å². The van der Waals surface area contributed by atoms with Gasteiger partial charge in [0.05, 0.1) is 11.8 Å². The zero-order chi connectivity index (χ0) is 13.9. The molecule has 1 saturated heterocycles. The van der Waals surface area contributed by atoms with Crippen molar-refractivity contribution >= 4 is 17.7 Å². The molecule has 2 fully saturated rings. The standard InChI is InChI=1S/C13H21N5OS/c1-10-3-2-7-17(8-6-10)12(19)9-20-13-14-15-16-18(13)11-4-5-11/h10-11H,2-9H2,1H3. The minimum Gasteiger partial charge on any atom is -0.342 e. The topological polar surface area (TPSA) is 63.9 Å². The SMILES string of the molecule is CC1CCCN(C(=O)CSc2nnnn2C2CC2)CC1. The van der Waals surface area contributed by atoms with Crippen molar-refractivity contribution in [3.05, 3.63) is 0 Å². The van der Waals surface area contributed by atoms with Crippen LogP contribution in [0, 0.1) is 5.92 Å². The maximum atomic E-state index is 12.3. The van der Waals surface area contributed by atoms with Crippen LogP contribution in [0.3, 0.4) is 0 Å². The first kappa shape index (κ1) is 13.9. The molecule has 0 spiro atoms. The Bertz CT molecular complexity index is 473. The molecular formula is C13H21N5OS. The minimum absolute atomic E-state index is 0.217. The van der Waals surface area contributed by atoms with E-state index in [4.69, 9.17) is 0 Å². The molecule has 1 aliphatic heterocycles. The summed E-state index contributed by atoms with van der Waals surface area (Å²) < 4.78 is 1.86. The van der Waals surface area contributed by atoms with Crippen molar-refractivity contribution < 1.29 is 4.79 Å². The minimum atomic E-state index is 0.217. The van der Waals surface area contributed by atoms with Crippen molar-refractivity contribution in [1.82, 2.24) is 25.1 Å². The van der Waals surface area contributed by atoms with E-state index < -0.39 is 0 Å². The summed E-state index contributed by atoms with van der Waals surface area (Å²) in [4.78, 5) is 14.3. The first-order valence-electron chi connectivity index (χ1n) is 7.42.